The number of aryl methyl sites for hydroxylation is 2. The van der Waals surface area contributed by atoms with Crippen LogP contribution in [0.5, 0.6) is 11.5 Å². The molecule has 0 aliphatic rings. The molecule has 0 fully saturated rings. The van der Waals surface area contributed by atoms with Crippen LogP contribution in [0.3, 0.4) is 0 Å². The zero-order valence-electron chi connectivity index (χ0n) is 31.0. The summed E-state index contributed by atoms with van der Waals surface area (Å²) in [6.07, 6.45) is 2.83. The number of hydrogen-bond donors (Lipinski definition) is 0. The molecule has 6 heteroatoms. The number of nitrogens with zero attached hydrogens (tertiary/aromatic N) is 4. The smallest absolute Gasteiger partial charge is 0.509 e. The van der Waals surface area contributed by atoms with Crippen LogP contribution in [-0.2, 0) is 26.8 Å². The number of pyridine rings is 1. The minimum atomic E-state index is 0. The van der Waals surface area contributed by atoms with Gasteiger partial charge < -0.3 is 9.30 Å². The molecule has 0 radical (unpaired) electrons. The Morgan fingerprint density at radius 2 is 1.45 bits per heavy atom. The van der Waals surface area contributed by atoms with Gasteiger partial charge in [0.05, 0.1) is 5.69 Å². The average Bonchev–Trinajstić information content (AvgIpc) is 3.59. The van der Waals surface area contributed by atoms with E-state index < -0.39 is 0 Å². The van der Waals surface area contributed by atoms with Crippen molar-refractivity contribution in [3.05, 3.63) is 131 Å². The number of ether oxygens (including phenoxy) is 1. The first-order valence-corrected chi connectivity index (χ1v) is 17.9. The molecule has 0 bridgehead atoms. The zero-order chi connectivity index (χ0) is 35.3. The van der Waals surface area contributed by atoms with Gasteiger partial charge in [0.2, 0.25) is 0 Å². The Morgan fingerprint density at radius 3 is 2.14 bits per heavy atom. The summed E-state index contributed by atoms with van der Waals surface area (Å²) < 4.78 is 10.9. The summed E-state index contributed by atoms with van der Waals surface area (Å²) in [6.45, 7) is 20.0. The molecule has 3 aromatic heterocycles. The Bertz CT molecular complexity index is 2330. The van der Waals surface area contributed by atoms with Crippen LogP contribution in [0.15, 0.2) is 85.1 Å². The topological polar surface area (TPSA) is 44.9 Å². The summed E-state index contributed by atoms with van der Waals surface area (Å²) in [5.41, 5.74) is 12.6. The van der Waals surface area contributed by atoms with Crippen LogP contribution in [0.25, 0.3) is 44.4 Å². The van der Waals surface area contributed by atoms with Gasteiger partial charge in [0, 0.05) is 34.5 Å². The second-order valence-corrected chi connectivity index (χ2v) is 14.3. The van der Waals surface area contributed by atoms with Gasteiger partial charge in [0.25, 0.3) is 0 Å². The molecular formula is C45H46N4OPd. The first-order valence-electron chi connectivity index (χ1n) is 17.9. The first-order chi connectivity index (χ1) is 24.0. The van der Waals surface area contributed by atoms with Crippen molar-refractivity contribution in [2.75, 3.05) is 0 Å². The van der Waals surface area contributed by atoms with Crippen LogP contribution in [-0.4, -0.2) is 19.3 Å². The van der Waals surface area contributed by atoms with E-state index in [4.69, 9.17) is 14.8 Å². The summed E-state index contributed by atoms with van der Waals surface area (Å²) in [4.78, 5) is 4.78. The van der Waals surface area contributed by atoms with E-state index >= 15 is 0 Å². The predicted molar refractivity (Wildman–Crippen MR) is 206 cm³/mol. The average molecular weight is 765 g/mol. The maximum atomic E-state index is 6.65. The van der Waals surface area contributed by atoms with E-state index in [1.165, 1.54) is 27.8 Å². The standard InChI is InChI=1S/C45H46N4O.Pd/c1-10-32-20-21-46-43(22-32)48-41-17-12-11-14-39(41)40-19-18-35(26-42(40)48)50-36-24-33(27(2)3)23-34(25-36)49-31(9)44(30(8)47-49)45-37(28(4)5)15-13-16-38(45)29(6)7;/h11-24,27-29H,10H2,1-9H3;/q-2;+2. The van der Waals surface area contributed by atoms with Gasteiger partial charge >= 0.3 is 20.4 Å². The first kappa shape index (κ1) is 36.3. The molecule has 51 heavy (non-hydrogen) atoms. The quantitative estimate of drug-likeness (QED) is 0.109. The summed E-state index contributed by atoms with van der Waals surface area (Å²) in [5.74, 6) is 3.19. The molecule has 0 spiro atoms. The minimum absolute atomic E-state index is 0. The van der Waals surface area contributed by atoms with Gasteiger partial charge in [-0.05, 0) is 89.5 Å². The Hall–Kier alpha value is -4.50. The number of aromatic nitrogens is 4. The van der Waals surface area contributed by atoms with E-state index in [0.717, 1.165) is 56.7 Å². The van der Waals surface area contributed by atoms with Crippen LogP contribution < -0.4 is 4.74 Å². The fourth-order valence-electron chi connectivity index (χ4n) is 7.22. The van der Waals surface area contributed by atoms with Gasteiger partial charge in [-0.1, -0.05) is 90.4 Å². The van der Waals surface area contributed by atoms with Gasteiger partial charge in [0.1, 0.15) is 5.82 Å². The summed E-state index contributed by atoms with van der Waals surface area (Å²) >= 11 is 0. The fourth-order valence-corrected chi connectivity index (χ4v) is 7.22. The molecule has 0 aliphatic carbocycles. The molecule has 0 aliphatic heterocycles. The number of fused-ring (bicyclic) bond motifs is 3. The van der Waals surface area contributed by atoms with E-state index in [2.05, 4.69) is 152 Å². The molecule has 262 valence electrons. The van der Waals surface area contributed by atoms with Crippen LogP contribution in [0, 0.1) is 26.0 Å². The summed E-state index contributed by atoms with van der Waals surface area (Å²) in [7, 11) is 0. The van der Waals surface area contributed by atoms with Crippen LogP contribution in [0.1, 0.15) is 99.9 Å². The third-order valence-electron chi connectivity index (χ3n) is 9.89. The number of hydrogen-bond acceptors (Lipinski definition) is 3. The summed E-state index contributed by atoms with van der Waals surface area (Å²) in [6, 6.07) is 35.0. The normalized spacial score (nSPS) is 11.7. The second kappa shape index (κ2) is 14.6. The van der Waals surface area contributed by atoms with Crippen molar-refractivity contribution < 1.29 is 25.2 Å². The van der Waals surface area contributed by atoms with Gasteiger partial charge in [0.15, 0.2) is 0 Å². The Balaban J connectivity index is 0.00000448. The second-order valence-electron chi connectivity index (χ2n) is 14.3. The molecule has 0 amide bonds. The Kier molecular flexibility index (Phi) is 10.4. The maximum absolute atomic E-state index is 6.65. The zero-order valence-corrected chi connectivity index (χ0v) is 32.6. The van der Waals surface area contributed by atoms with Crippen LogP contribution >= 0.6 is 0 Å². The van der Waals surface area contributed by atoms with E-state index in [1.54, 1.807) is 0 Å². The van der Waals surface area contributed by atoms with Gasteiger partial charge in [-0.2, -0.15) is 11.2 Å². The molecule has 0 saturated heterocycles. The van der Waals surface area contributed by atoms with Crippen LogP contribution in [0.2, 0.25) is 0 Å². The minimum Gasteiger partial charge on any atom is -0.509 e. The van der Waals surface area contributed by atoms with Crippen molar-refractivity contribution in [2.45, 2.75) is 86.5 Å². The van der Waals surface area contributed by atoms with Crippen molar-refractivity contribution in [1.82, 2.24) is 19.3 Å². The van der Waals surface area contributed by atoms with E-state index in [9.17, 15) is 0 Å². The van der Waals surface area contributed by atoms with Gasteiger partial charge in [-0.15, -0.1) is 41.3 Å². The van der Waals surface area contributed by atoms with Gasteiger partial charge in [-0.3, -0.25) is 4.68 Å². The molecule has 5 nitrogen and oxygen atoms in total. The van der Waals surface area contributed by atoms with E-state index in [1.807, 2.05) is 16.9 Å². The molecule has 4 aromatic carbocycles. The van der Waals surface area contributed by atoms with Crippen molar-refractivity contribution in [3.8, 4) is 34.1 Å². The third kappa shape index (κ3) is 6.68. The molecule has 0 atom stereocenters. The van der Waals surface area contributed by atoms with Crippen molar-refractivity contribution in [3.63, 3.8) is 0 Å². The van der Waals surface area contributed by atoms with Gasteiger partial charge in [-0.25, -0.2) is 4.98 Å². The molecular weight excluding hydrogens is 719 g/mol. The molecule has 3 heterocycles. The van der Waals surface area contributed by atoms with Crippen molar-refractivity contribution in [2.24, 2.45) is 0 Å². The predicted octanol–water partition coefficient (Wildman–Crippen LogP) is 12.0. The van der Waals surface area contributed by atoms with Crippen molar-refractivity contribution in [1.29, 1.82) is 0 Å². The molecule has 0 saturated carbocycles. The van der Waals surface area contributed by atoms with Crippen molar-refractivity contribution >= 4 is 21.8 Å². The number of benzene rings is 4. The molecule has 7 aromatic rings. The fraction of sp³-hybridized carbons (Fsp3) is 0.289. The summed E-state index contributed by atoms with van der Waals surface area (Å²) in [5, 5.41) is 7.41. The Morgan fingerprint density at radius 1 is 0.725 bits per heavy atom. The SMILES string of the molecule is CCc1ccnc(-n2c3[c-]c(Oc4[c-]c(-n5nc(C)c(-c6c(C(C)C)cccc6C(C)C)c5C)cc(C(C)C)c4)ccc3c3ccccc32)c1.[Pd+2]. The van der Waals surface area contributed by atoms with E-state index in [-0.39, 0.29) is 26.3 Å². The molecule has 0 N–H and O–H groups in total. The van der Waals surface area contributed by atoms with Crippen LogP contribution in [0.4, 0.5) is 0 Å². The Labute approximate surface area is 316 Å². The maximum Gasteiger partial charge on any atom is 2.00 e. The largest absolute Gasteiger partial charge is 2.00 e. The van der Waals surface area contributed by atoms with E-state index in [0.29, 0.717) is 23.3 Å². The molecule has 7 rings (SSSR count). The number of para-hydroxylation sites is 1. The monoisotopic (exact) mass is 764 g/mol. The third-order valence-corrected chi connectivity index (χ3v) is 9.89. The molecule has 0 unspecified atom stereocenters. The number of rotatable bonds is 9.